The molecule has 2 N–H and O–H groups in total. The van der Waals surface area contributed by atoms with Gasteiger partial charge in [0, 0.05) is 19.3 Å². The molecule has 1 aromatic rings. The molecule has 0 atom stereocenters. The van der Waals surface area contributed by atoms with Crippen molar-refractivity contribution >= 4 is 33.2 Å². The van der Waals surface area contributed by atoms with Crippen LogP contribution in [0.2, 0.25) is 0 Å². The van der Waals surface area contributed by atoms with Crippen molar-refractivity contribution in [2.45, 2.75) is 11.8 Å². The van der Waals surface area contributed by atoms with Crippen LogP contribution in [0.3, 0.4) is 0 Å². The lowest BCUT2D eigenvalue weighted by atomic mass is 10.3. The first-order valence-electron chi connectivity index (χ1n) is 5.42. The lowest BCUT2D eigenvalue weighted by Gasteiger charge is -2.11. The molecule has 19 heavy (non-hydrogen) atoms. The molecule has 6 nitrogen and oxygen atoms in total. The van der Waals surface area contributed by atoms with E-state index in [1.54, 1.807) is 0 Å². The molecule has 8 heteroatoms. The second-order valence-electron chi connectivity index (χ2n) is 3.63. The van der Waals surface area contributed by atoms with Crippen LogP contribution in [0.4, 0.5) is 5.69 Å². The maximum atomic E-state index is 11.9. The molecule has 0 heterocycles. The van der Waals surface area contributed by atoms with Gasteiger partial charge in [-0.1, -0.05) is 0 Å². The molecule has 1 amide bonds. The third kappa shape index (κ3) is 4.38. The number of alkyl halides is 1. The van der Waals surface area contributed by atoms with Crippen LogP contribution in [0.5, 0.6) is 5.75 Å². The van der Waals surface area contributed by atoms with Crippen molar-refractivity contribution in [3.8, 4) is 5.75 Å². The predicted octanol–water partition coefficient (Wildman–Crippen LogP) is 1.17. The van der Waals surface area contributed by atoms with E-state index in [1.165, 1.54) is 32.2 Å². The van der Waals surface area contributed by atoms with Crippen molar-refractivity contribution in [3.05, 3.63) is 18.2 Å². The SMILES string of the molecule is COc1ccc(S(=O)(=O)NCCCl)cc1NC(C)=O. The molecular weight excluding hydrogens is 292 g/mol. The summed E-state index contributed by atoms with van der Waals surface area (Å²) < 4.78 is 31.2. The van der Waals surface area contributed by atoms with Crippen LogP contribution >= 0.6 is 11.6 Å². The molecule has 0 unspecified atom stereocenters. The van der Waals surface area contributed by atoms with Gasteiger partial charge in [0.15, 0.2) is 0 Å². The smallest absolute Gasteiger partial charge is 0.240 e. The lowest BCUT2D eigenvalue weighted by molar-refractivity contribution is -0.114. The van der Waals surface area contributed by atoms with Gasteiger partial charge in [0.25, 0.3) is 0 Å². The molecule has 0 aliphatic carbocycles. The maximum absolute atomic E-state index is 11.9. The summed E-state index contributed by atoms with van der Waals surface area (Å²) in [6.45, 7) is 1.46. The molecule has 0 saturated carbocycles. The second-order valence-corrected chi connectivity index (χ2v) is 5.77. The zero-order chi connectivity index (χ0) is 14.5. The predicted molar refractivity (Wildman–Crippen MR) is 73.2 cm³/mol. The molecule has 106 valence electrons. The average molecular weight is 307 g/mol. The summed E-state index contributed by atoms with van der Waals surface area (Å²) >= 11 is 5.44. The molecule has 1 aromatic carbocycles. The van der Waals surface area contributed by atoms with Gasteiger partial charge in [-0.15, -0.1) is 11.6 Å². The van der Waals surface area contributed by atoms with Crippen LogP contribution in [0.15, 0.2) is 23.1 Å². The van der Waals surface area contributed by atoms with E-state index in [2.05, 4.69) is 10.0 Å². The first kappa shape index (κ1) is 15.7. The number of hydrogen-bond acceptors (Lipinski definition) is 4. The Balaban J connectivity index is 3.13. The fourth-order valence-electron chi connectivity index (χ4n) is 1.40. The van der Waals surface area contributed by atoms with E-state index in [9.17, 15) is 13.2 Å². The Hall–Kier alpha value is -1.31. The number of sulfonamides is 1. The highest BCUT2D eigenvalue weighted by atomic mass is 35.5. The van der Waals surface area contributed by atoms with Crippen LogP contribution in [0, 0.1) is 0 Å². The highest BCUT2D eigenvalue weighted by Crippen LogP contribution is 2.27. The Morgan fingerprint density at radius 3 is 2.63 bits per heavy atom. The topological polar surface area (TPSA) is 84.5 Å². The molecule has 0 aliphatic heterocycles. The number of hydrogen-bond donors (Lipinski definition) is 2. The highest BCUT2D eigenvalue weighted by Gasteiger charge is 2.16. The molecular formula is C11H15ClN2O4S. The van der Waals surface area contributed by atoms with Crippen LogP contribution in [0.1, 0.15) is 6.92 Å². The van der Waals surface area contributed by atoms with Crippen LogP contribution in [-0.2, 0) is 14.8 Å². The normalized spacial score (nSPS) is 11.1. The Morgan fingerprint density at radius 1 is 1.42 bits per heavy atom. The molecule has 0 spiro atoms. The monoisotopic (exact) mass is 306 g/mol. The summed E-state index contributed by atoms with van der Waals surface area (Å²) in [6, 6.07) is 4.19. The van der Waals surface area contributed by atoms with Gasteiger partial charge >= 0.3 is 0 Å². The van der Waals surface area contributed by atoms with E-state index in [0.29, 0.717) is 11.4 Å². The van der Waals surface area contributed by atoms with Crippen molar-refractivity contribution in [1.82, 2.24) is 4.72 Å². The van der Waals surface area contributed by atoms with Crippen molar-refractivity contribution < 1.29 is 17.9 Å². The Kier molecular flexibility index (Phi) is 5.59. The molecule has 0 bridgehead atoms. The fraction of sp³-hybridized carbons (Fsp3) is 0.364. The van der Waals surface area contributed by atoms with Gasteiger partial charge in [0.1, 0.15) is 5.75 Å². The minimum Gasteiger partial charge on any atom is -0.495 e. The fourth-order valence-corrected chi connectivity index (χ4v) is 2.66. The van der Waals surface area contributed by atoms with Gasteiger partial charge in [-0.2, -0.15) is 0 Å². The number of rotatable bonds is 6. The summed E-state index contributed by atoms with van der Waals surface area (Å²) in [5.74, 6) is 0.238. The number of halogens is 1. The third-order valence-electron chi connectivity index (χ3n) is 2.18. The van der Waals surface area contributed by atoms with Crippen molar-refractivity contribution in [2.75, 3.05) is 24.9 Å². The second kappa shape index (κ2) is 6.74. The average Bonchev–Trinajstić information content (AvgIpc) is 2.35. The lowest BCUT2D eigenvalue weighted by Crippen LogP contribution is -2.25. The summed E-state index contributed by atoms with van der Waals surface area (Å²) in [5.41, 5.74) is 0.295. The number of amides is 1. The van der Waals surface area contributed by atoms with E-state index in [-0.39, 0.29) is 23.2 Å². The molecule has 0 saturated heterocycles. The number of methoxy groups -OCH3 is 1. The number of carbonyl (C=O) groups is 1. The number of benzene rings is 1. The van der Waals surface area contributed by atoms with E-state index in [4.69, 9.17) is 16.3 Å². The van der Waals surface area contributed by atoms with Crippen LogP contribution in [-0.4, -0.2) is 33.9 Å². The number of ether oxygens (including phenoxy) is 1. The van der Waals surface area contributed by atoms with Gasteiger partial charge in [0.05, 0.1) is 17.7 Å². The minimum atomic E-state index is -3.65. The van der Waals surface area contributed by atoms with E-state index in [0.717, 1.165) is 0 Å². The first-order valence-corrected chi connectivity index (χ1v) is 7.43. The Bertz CT molecular complexity index is 560. The summed E-state index contributed by atoms with van der Waals surface area (Å²) in [5, 5.41) is 2.51. The molecule has 0 aromatic heterocycles. The quantitative estimate of drug-likeness (QED) is 0.773. The van der Waals surface area contributed by atoms with Gasteiger partial charge < -0.3 is 10.1 Å². The van der Waals surface area contributed by atoms with Crippen LogP contribution in [0.25, 0.3) is 0 Å². The molecule has 0 aliphatic rings. The minimum absolute atomic E-state index is 0.0298. The summed E-state index contributed by atoms with van der Waals surface area (Å²) in [7, 11) is -2.22. The molecule has 0 radical (unpaired) electrons. The number of carbonyl (C=O) groups excluding carboxylic acids is 1. The van der Waals surface area contributed by atoms with Gasteiger partial charge in [-0.3, -0.25) is 4.79 Å². The van der Waals surface area contributed by atoms with Crippen molar-refractivity contribution in [3.63, 3.8) is 0 Å². The maximum Gasteiger partial charge on any atom is 0.240 e. The molecule has 1 rings (SSSR count). The number of anilines is 1. The number of nitrogens with one attached hydrogen (secondary N) is 2. The standard InChI is InChI=1S/C11H15ClN2O4S/c1-8(15)14-10-7-9(3-4-11(10)18-2)19(16,17)13-6-5-12/h3-4,7,13H,5-6H2,1-2H3,(H,14,15). The largest absolute Gasteiger partial charge is 0.495 e. The van der Waals surface area contributed by atoms with Gasteiger partial charge in [-0.05, 0) is 18.2 Å². The van der Waals surface area contributed by atoms with Crippen molar-refractivity contribution in [1.29, 1.82) is 0 Å². The Labute approximate surface area is 117 Å². The highest BCUT2D eigenvalue weighted by molar-refractivity contribution is 7.89. The first-order chi connectivity index (χ1) is 8.90. The summed E-state index contributed by atoms with van der Waals surface area (Å²) in [4.78, 5) is 11.1. The van der Waals surface area contributed by atoms with Crippen molar-refractivity contribution in [2.24, 2.45) is 0 Å². The zero-order valence-electron chi connectivity index (χ0n) is 10.6. The van der Waals surface area contributed by atoms with Crippen LogP contribution < -0.4 is 14.8 Å². The third-order valence-corrected chi connectivity index (χ3v) is 3.83. The van der Waals surface area contributed by atoms with Gasteiger partial charge in [-0.25, -0.2) is 13.1 Å². The van der Waals surface area contributed by atoms with E-state index in [1.807, 2.05) is 0 Å². The van der Waals surface area contributed by atoms with E-state index >= 15 is 0 Å². The summed E-state index contributed by atoms with van der Waals surface area (Å²) in [6.07, 6.45) is 0. The molecule has 0 fully saturated rings. The Morgan fingerprint density at radius 2 is 2.11 bits per heavy atom. The van der Waals surface area contributed by atoms with E-state index < -0.39 is 10.0 Å². The van der Waals surface area contributed by atoms with Gasteiger partial charge in [0.2, 0.25) is 15.9 Å². The zero-order valence-corrected chi connectivity index (χ0v) is 12.1.